The number of anilines is 1. The maximum atomic E-state index is 12.9. The Bertz CT molecular complexity index is 930. The van der Waals surface area contributed by atoms with Gasteiger partial charge in [0.15, 0.2) is 6.10 Å². The van der Waals surface area contributed by atoms with Gasteiger partial charge >= 0.3 is 5.97 Å². The van der Waals surface area contributed by atoms with Gasteiger partial charge in [0.1, 0.15) is 0 Å². The summed E-state index contributed by atoms with van der Waals surface area (Å²) < 4.78 is 5.25. The van der Waals surface area contributed by atoms with Gasteiger partial charge in [-0.3, -0.25) is 14.9 Å². The average Bonchev–Trinajstić information content (AvgIpc) is 2.96. The number of benzene rings is 2. The van der Waals surface area contributed by atoms with E-state index in [1.54, 1.807) is 4.90 Å². The monoisotopic (exact) mass is 388 g/mol. The molecule has 0 saturated heterocycles. The van der Waals surface area contributed by atoms with Crippen LogP contribution in [0.3, 0.4) is 0 Å². The van der Waals surface area contributed by atoms with Crippen LogP contribution in [0, 0.1) is 10.1 Å². The molecule has 0 saturated carbocycles. The van der Waals surface area contributed by atoms with Gasteiger partial charge in [-0.05, 0) is 38.0 Å². The van der Waals surface area contributed by atoms with Gasteiger partial charge in [0, 0.05) is 23.9 Å². The van der Waals surface area contributed by atoms with Gasteiger partial charge in [-0.25, -0.2) is 4.79 Å². The zero-order valence-electron chi connectivity index (χ0n) is 14.7. The number of ether oxygens (including phenoxy) is 1. The Kier molecular flexibility index (Phi) is 5.14. The minimum atomic E-state index is -1.07. The first-order valence-electron chi connectivity index (χ1n) is 8.35. The van der Waals surface area contributed by atoms with Gasteiger partial charge in [-0.1, -0.05) is 29.8 Å². The number of nitrogens with zero attached hydrogens (tertiary/aromatic N) is 2. The molecule has 27 heavy (non-hydrogen) atoms. The molecule has 1 amide bonds. The summed E-state index contributed by atoms with van der Waals surface area (Å²) in [5.74, 6) is -1.24. The van der Waals surface area contributed by atoms with Crippen LogP contribution in [0.25, 0.3) is 0 Å². The molecule has 0 bridgehead atoms. The van der Waals surface area contributed by atoms with Gasteiger partial charge in [0.05, 0.1) is 15.5 Å². The Balaban J connectivity index is 1.78. The summed E-state index contributed by atoms with van der Waals surface area (Å²) in [5.41, 5.74) is 1.41. The fourth-order valence-corrected chi connectivity index (χ4v) is 3.35. The lowest BCUT2D eigenvalue weighted by Crippen LogP contribution is -2.43. The van der Waals surface area contributed by atoms with E-state index in [4.69, 9.17) is 16.3 Å². The van der Waals surface area contributed by atoms with Crippen LogP contribution < -0.4 is 4.90 Å². The molecule has 1 aliphatic rings. The third-order valence-electron chi connectivity index (χ3n) is 4.46. The van der Waals surface area contributed by atoms with Crippen molar-refractivity contribution in [1.82, 2.24) is 0 Å². The number of nitro groups is 1. The third kappa shape index (κ3) is 3.64. The van der Waals surface area contributed by atoms with Crippen LogP contribution in [-0.2, 0) is 16.0 Å². The van der Waals surface area contributed by atoms with Gasteiger partial charge in [0.25, 0.3) is 11.6 Å². The summed E-state index contributed by atoms with van der Waals surface area (Å²) in [6.45, 7) is 3.39. The Labute approximate surface area is 160 Å². The molecule has 2 atom stereocenters. The molecule has 0 radical (unpaired) electrons. The molecular formula is C19H17ClN2O5. The molecule has 7 nitrogen and oxygen atoms in total. The zero-order valence-corrected chi connectivity index (χ0v) is 15.5. The van der Waals surface area contributed by atoms with Crippen molar-refractivity contribution in [2.24, 2.45) is 0 Å². The summed E-state index contributed by atoms with van der Waals surface area (Å²) in [4.78, 5) is 37.1. The van der Waals surface area contributed by atoms with Crippen molar-refractivity contribution < 1.29 is 19.2 Å². The second-order valence-corrected chi connectivity index (χ2v) is 6.77. The quantitative estimate of drug-likeness (QED) is 0.451. The standard InChI is InChI=1S/C19H17ClN2O5/c1-11-9-13-5-3-4-6-17(13)21(11)18(23)12(2)27-19(24)15-10-14(22(25)26)7-8-16(15)20/h3-8,10-12H,9H2,1-2H3/t11-,12-/m1/s1. The number of nitro benzene ring substituents is 1. The predicted molar refractivity (Wildman–Crippen MR) is 100 cm³/mol. The van der Waals surface area contributed by atoms with E-state index in [1.807, 2.05) is 31.2 Å². The van der Waals surface area contributed by atoms with Crippen LogP contribution in [0.5, 0.6) is 0 Å². The van der Waals surface area contributed by atoms with Crippen LogP contribution in [-0.4, -0.2) is 28.9 Å². The fourth-order valence-electron chi connectivity index (χ4n) is 3.15. The number of carbonyl (C=O) groups is 2. The van der Waals surface area contributed by atoms with Crippen LogP contribution >= 0.6 is 11.6 Å². The summed E-state index contributed by atoms with van der Waals surface area (Å²) >= 11 is 5.96. The van der Waals surface area contributed by atoms with Crippen molar-refractivity contribution in [1.29, 1.82) is 0 Å². The normalized spacial score (nSPS) is 16.6. The number of halogens is 1. The highest BCUT2D eigenvalue weighted by Crippen LogP contribution is 2.32. The van der Waals surface area contributed by atoms with Crippen LogP contribution in [0.15, 0.2) is 42.5 Å². The van der Waals surface area contributed by atoms with Crippen molar-refractivity contribution in [3.05, 3.63) is 68.7 Å². The highest BCUT2D eigenvalue weighted by Gasteiger charge is 2.34. The molecule has 8 heteroatoms. The van der Waals surface area contributed by atoms with E-state index in [-0.39, 0.29) is 28.2 Å². The van der Waals surface area contributed by atoms with E-state index >= 15 is 0 Å². The number of esters is 1. The Morgan fingerprint density at radius 1 is 1.30 bits per heavy atom. The number of para-hydroxylation sites is 1. The average molecular weight is 389 g/mol. The second-order valence-electron chi connectivity index (χ2n) is 6.36. The van der Waals surface area contributed by atoms with Crippen molar-refractivity contribution in [2.45, 2.75) is 32.4 Å². The SMILES string of the molecule is C[C@@H]1Cc2ccccc2N1C(=O)[C@@H](C)OC(=O)c1cc([N+](=O)[O-])ccc1Cl. The maximum Gasteiger partial charge on any atom is 0.340 e. The molecule has 2 aromatic rings. The summed E-state index contributed by atoms with van der Waals surface area (Å²) in [5, 5.41) is 10.9. The molecule has 0 spiro atoms. The molecule has 0 fully saturated rings. The van der Waals surface area contributed by atoms with E-state index in [2.05, 4.69) is 0 Å². The molecule has 0 N–H and O–H groups in total. The third-order valence-corrected chi connectivity index (χ3v) is 4.79. The maximum absolute atomic E-state index is 12.9. The van der Waals surface area contributed by atoms with Crippen molar-refractivity contribution in [2.75, 3.05) is 4.90 Å². The molecular weight excluding hydrogens is 372 g/mol. The van der Waals surface area contributed by atoms with Gasteiger partial charge < -0.3 is 9.64 Å². The van der Waals surface area contributed by atoms with E-state index in [1.165, 1.54) is 19.1 Å². The van der Waals surface area contributed by atoms with Gasteiger partial charge in [-0.2, -0.15) is 0 Å². The highest BCUT2D eigenvalue weighted by atomic mass is 35.5. The lowest BCUT2D eigenvalue weighted by molar-refractivity contribution is -0.384. The molecule has 1 heterocycles. The number of carbonyl (C=O) groups excluding carboxylic acids is 2. The predicted octanol–water partition coefficient (Wildman–Crippen LogP) is 3.77. The smallest absolute Gasteiger partial charge is 0.340 e. The fraction of sp³-hybridized carbons (Fsp3) is 0.263. The zero-order chi connectivity index (χ0) is 19.7. The Morgan fingerprint density at radius 2 is 2.00 bits per heavy atom. The van der Waals surface area contributed by atoms with Crippen molar-refractivity contribution >= 4 is 34.9 Å². The largest absolute Gasteiger partial charge is 0.449 e. The number of rotatable bonds is 4. The van der Waals surface area contributed by atoms with Crippen LogP contribution in [0.4, 0.5) is 11.4 Å². The van der Waals surface area contributed by atoms with Crippen LogP contribution in [0.2, 0.25) is 5.02 Å². The Morgan fingerprint density at radius 3 is 2.70 bits per heavy atom. The molecule has 0 aliphatic carbocycles. The minimum Gasteiger partial charge on any atom is -0.449 e. The number of hydrogen-bond acceptors (Lipinski definition) is 5. The van der Waals surface area contributed by atoms with Crippen molar-refractivity contribution in [3.63, 3.8) is 0 Å². The summed E-state index contributed by atoms with van der Waals surface area (Å²) in [6.07, 6.45) is -0.347. The first-order chi connectivity index (χ1) is 12.8. The Hall–Kier alpha value is -2.93. The number of hydrogen-bond donors (Lipinski definition) is 0. The second kappa shape index (κ2) is 7.36. The number of non-ortho nitro benzene ring substituents is 1. The van der Waals surface area contributed by atoms with Gasteiger partial charge in [-0.15, -0.1) is 0 Å². The number of fused-ring (bicyclic) bond motifs is 1. The first-order valence-corrected chi connectivity index (χ1v) is 8.73. The molecule has 3 rings (SSSR count). The highest BCUT2D eigenvalue weighted by molar-refractivity contribution is 6.33. The van der Waals surface area contributed by atoms with E-state index in [9.17, 15) is 19.7 Å². The molecule has 0 unspecified atom stereocenters. The minimum absolute atomic E-state index is 0.0186. The van der Waals surface area contributed by atoms with E-state index < -0.39 is 17.0 Å². The van der Waals surface area contributed by atoms with E-state index in [0.29, 0.717) is 0 Å². The molecule has 0 aromatic heterocycles. The molecule has 1 aliphatic heterocycles. The molecule has 2 aromatic carbocycles. The summed E-state index contributed by atoms with van der Waals surface area (Å²) in [6, 6.07) is 11.0. The van der Waals surface area contributed by atoms with Crippen LogP contribution in [0.1, 0.15) is 29.8 Å². The number of amides is 1. The lowest BCUT2D eigenvalue weighted by Gasteiger charge is -2.26. The van der Waals surface area contributed by atoms with Crippen molar-refractivity contribution in [3.8, 4) is 0 Å². The van der Waals surface area contributed by atoms with E-state index in [0.717, 1.165) is 23.7 Å². The first kappa shape index (κ1) is 18.8. The topological polar surface area (TPSA) is 89.8 Å². The van der Waals surface area contributed by atoms with Gasteiger partial charge in [0.2, 0.25) is 0 Å². The lowest BCUT2D eigenvalue weighted by atomic mass is 10.1. The summed E-state index contributed by atoms with van der Waals surface area (Å²) in [7, 11) is 0. The molecule has 140 valence electrons.